The van der Waals surface area contributed by atoms with Crippen molar-refractivity contribution in [1.29, 1.82) is 0 Å². The standard InChI is InChI=1S/C20H19FN2O4/c21-14-7-5-13(6-8-14)17(24)9-11-22-18(25)10-12-23-19(26)15-3-1-2-4-16(15)20(23)27/h1-8,17,24H,9-12H2,(H,22,25). The summed E-state index contributed by atoms with van der Waals surface area (Å²) in [4.78, 5) is 37.5. The quantitative estimate of drug-likeness (QED) is 0.731. The van der Waals surface area contributed by atoms with Gasteiger partial charge in [-0.05, 0) is 36.2 Å². The first-order valence-electron chi connectivity index (χ1n) is 8.63. The second-order valence-electron chi connectivity index (χ2n) is 6.26. The molecule has 3 rings (SSSR count). The van der Waals surface area contributed by atoms with Gasteiger partial charge in [0, 0.05) is 19.5 Å². The van der Waals surface area contributed by atoms with Crippen molar-refractivity contribution in [2.75, 3.05) is 13.1 Å². The van der Waals surface area contributed by atoms with E-state index in [1.807, 2.05) is 0 Å². The van der Waals surface area contributed by atoms with Crippen LogP contribution >= 0.6 is 0 Å². The lowest BCUT2D eigenvalue weighted by atomic mass is 10.1. The van der Waals surface area contributed by atoms with Gasteiger partial charge in [0.1, 0.15) is 5.82 Å². The number of hydrogen-bond acceptors (Lipinski definition) is 4. The Bertz CT molecular complexity index is 832. The van der Waals surface area contributed by atoms with Gasteiger partial charge in [0.2, 0.25) is 5.91 Å². The summed E-state index contributed by atoms with van der Waals surface area (Å²) in [7, 11) is 0. The van der Waals surface area contributed by atoms with E-state index in [1.165, 1.54) is 24.3 Å². The molecule has 1 unspecified atom stereocenters. The van der Waals surface area contributed by atoms with Crippen molar-refractivity contribution in [1.82, 2.24) is 10.2 Å². The van der Waals surface area contributed by atoms with Crippen molar-refractivity contribution >= 4 is 17.7 Å². The first kappa shape index (κ1) is 18.7. The SMILES string of the molecule is O=C(CCN1C(=O)c2ccccc2C1=O)NCCC(O)c1ccc(F)cc1. The van der Waals surface area contributed by atoms with Gasteiger partial charge in [-0.3, -0.25) is 19.3 Å². The van der Waals surface area contributed by atoms with Crippen molar-refractivity contribution in [3.63, 3.8) is 0 Å². The zero-order valence-corrected chi connectivity index (χ0v) is 14.5. The van der Waals surface area contributed by atoms with Crippen molar-refractivity contribution in [2.24, 2.45) is 0 Å². The Labute approximate surface area is 155 Å². The number of nitrogens with zero attached hydrogens (tertiary/aromatic N) is 1. The van der Waals surface area contributed by atoms with E-state index < -0.39 is 17.9 Å². The van der Waals surface area contributed by atoms with Gasteiger partial charge < -0.3 is 10.4 Å². The smallest absolute Gasteiger partial charge is 0.261 e. The van der Waals surface area contributed by atoms with Gasteiger partial charge in [-0.25, -0.2) is 4.39 Å². The van der Waals surface area contributed by atoms with Crippen LogP contribution in [0.2, 0.25) is 0 Å². The van der Waals surface area contributed by atoms with Crippen LogP contribution in [0.15, 0.2) is 48.5 Å². The number of imide groups is 1. The molecular weight excluding hydrogens is 351 g/mol. The maximum Gasteiger partial charge on any atom is 0.261 e. The molecule has 1 heterocycles. The number of carbonyl (C=O) groups is 3. The number of amides is 3. The number of aliphatic hydroxyl groups is 1. The van der Waals surface area contributed by atoms with Crippen molar-refractivity contribution in [2.45, 2.75) is 18.9 Å². The van der Waals surface area contributed by atoms with Gasteiger partial charge in [0.15, 0.2) is 0 Å². The Morgan fingerprint density at radius 2 is 1.63 bits per heavy atom. The third-order valence-electron chi connectivity index (χ3n) is 4.44. The molecule has 27 heavy (non-hydrogen) atoms. The minimum atomic E-state index is -0.817. The lowest BCUT2D eigenvalue weighted by Gasteiger charge is -2.14. The molecule has 1 aliphatic rings. The van der Waals surface area contributed by atoms with E-state index in [4.69, 9.17) is 0 Å². The first-order valence-corrected chi connectivity index (χ1v) is 8.63. The number of fused-ring (bicyclic) bond motifs is 1. The summed E-state index contributed by atoms with van der Waals surface area (Å²) in [6.45, 7) is 0.220. The number of halogens is 1. The van der Waals surface area contributed by atoms with Crippen LogP contribution in [-0.4, -0.2) is 40.8 Å². The molecule has 0 aromatic heterocycles. The number of benzene rings is 2. The molecule has 0 bridgehead atoms. The highest BCUT2D eigenvalue weighted by Gasteiger charge is 2.34. The fourth-order valence-corrected chi connectivity index (χ4v) is 2.94. The summed E-state index contributed by atoms with van der Waals surface area (Å²) >= 11 is 0. The maximum absolute atomic E-state index is 12.9. The topological polar surface area (TPSA) is 86.7 Å². The van der Waals surface area contributed by atoms with E-state index in [0.717, 1.165) is 4.90 Å². The molecule has 1 atom stereocenters. The predicted octanol–water partition coefficient (Wildman–Crippen LogP) is 2.05. The summed E-state index contributed by atoms with van der Waals surface area (Å²) in [5.74, 6) is -1.49. The lowest BCUT2D eigenvalue weighted by Crippen LogP contribution is -2.35. The van der Waals surface area contributed by atoms with Crippen LogP contribution in [0.3, 0.4) is 0 Å². The Morgan fingerprint density at radius 3 is 2.22 bits per heavy atom. The number of rotatable bonds is 7. The molecule has 0 spiro atoms. The molecule has 0 fully saturated rings. The van der Waals surface area contributed by atoms with Gasteiger partial charge in [-0.2, -0.15) is 0 Å². The van der Waals surface area contributed by atoms with E-state index in [-0.39, 0.29) is 37.7 Å². The zero-order valence-electron chi connectivity index (χ0n) is 14.5. The van der Waals surface area contributed by atoms with Crippen LogP contribution in [0.5, 0.6) is 0 Å². The van der Waals surface area contributed by atoms with Crippen molar-refractivity contribution in [3.8, 4) is 0 Å². The van der Waals surface area contributed by atoms with E-state index in [2.05, 4.69) is 5.32 Å². The van der Waals surface area contributed by atoms with Crippen LogP contribution < -0.4 is 5.32 Å². The number of hydrogen-bond donors (Lipinski definition) is 2. The fourth-order valence-electron chi connectivity index (χ4n) is 2.94. The van der Waals surface area contributed by atoms with E-state index in [0.29, 0.717) is 16.7 Å². The molecule has 0 radical (unpaired) electrons. The average Bonchev–Trinajstić information content (AvgIpc) is 2.91. The molecule has 6 nitrogen and oxygen atoms in total. The molecule has 2 aromatic rings. The molecule has 1 aliphatic heterocycles. The normalized spacial score (nSPS) is 14.2. The summed E-state index contributed by atoms with van der Waals surface area (Å²) in [5, 5.41) is 12.7. The molecule has 7 heteroatoms. The monoisotopic (exact) mass is 370 g/mol. The highest BCUT2D eigenvalue weighted by Crippen LogP contribution is 2.22. The molecule has 2 aromatic carbocycles. The van der Waals surface area contributed by atoms with Gasteiger partial charge >= 0.3 is 0 Å². The lowest BCUT2D eigenvalue weighted by molar-refractivity contribution is -0.121. The average molecular weight is 370 g/mol. The zero-order chi connectivity index (χ0) is 19.4. The number of nitrogens with one attached hydrogen (secondary N) is 1. The fraction of sp³-hybridized carbons (Fsp3) is 0.250. The highest BCUT2D eigenvalue weighted by molar-refractivity contribution is 6.21. The second kappa shape index (κ2) is 8.09. The van der Waals surface area contributed by atoms with Gasteiger partial charge in [0.25, 0.3) is 11.8 Å². The predicted molar refractivity (Wildman–Crippen MR) is 95.4 cm³/mol. The van der Waals surface area contributed by atoms with Crippen LogP contribution in [0.1, 0.15) is 45.2 Å². The maximum atomic E-state index is 12.9. The highest BCUT2D eigenvalue weighted by atomic mass is 19.1. The summed E-state index contributed by atoms with van der Waals surface area (Å²) in [5.41, 5.74) is 1.27. The molecule has 0 saturated heterocycles. The van der Waals surface area contributed by atoms with Crippen LogP contribution in [0.25, 0.3) is 0 Å². The van der Waals surface area contributed by atoms with Crippen LogP contribution in [0.4, 0.5) is 4.39 Å². The third kappa shape index (κ3) is 4.20. The largest absolute Gasteiger partial charge is 0.388 e. The minimum Gasteiger partial charge on any atom is -0.388 e. The molecule has 0 aliphatic carbocycles. The molecule has 0 saturated carbocycles. The Balaban J connectivity index is 1.43. The first-order chi connectivity index (χ1) is 13.0. The minimum absolute atomic E-state index is 0.00129. The van der Waals surface area contributed by atoms with E-state index in [1.54, 1.807) is 24.3 Å². The summed E-state index contributed by atoms with van der Waals surface area (Å²) in [6, 6.07) is 12.1. The number of aliphatic hydroxyl groups excluding tert-OH is 1. The summed E-state index contributed by atoms with van der Waals surface area (Å²) < 4.78 is 12.9. The third-order valence-corrected chi connectivity index (χ3v) is 4.44. The van der Waals surface area contributed by atoms with Crippen molar-refractivity contribution in [3.05, 3.63) is 71.0 Å². The second-order valence-corrected chi connectivity index (χ2v) is 6.26. The van der Waals surface area contributed by atoms with E-state index >= 15 is 0 Å². The molecule has 140 valence electrons. The molecule has 3 amide bonds. The van der Waals surface area contributed by atoms with E-state index in [9.17, 15) is 23.9 Å². The van der Waals surface area contributed by atoms with Gasteiger partial charge in [-0.1, -0.05) is 24.3 Å². The summed E-state index contributed by atoms with van der Waals surface area (Å²) in [6.07, 6.45) is -0.565. The molecular formula is C20H19FN2O4. The Kier molecular flexibility index (Phi) is 5.61. The van der Waals surface area contributed by atoms with Gasteiger partial charge in [-0.15, -0.1) is 0 Å². The Hall–Kier alpha value is -3.06. The molecule has 2 N–H and O–H groups in total. The van der Waals surface area contributed by atoms with Gasteiger partial charge in [0.05, 0.1) is 17.2 Å². The Morgan fingerprint density at radius 1 is 1.04 bits per heavy atom. The van der Waals surface area contributed by atoms with Crippen molar-refractivity contribution < 1.29 is 23.9 Å². The van der Waals surface area contributed by atoms with Crippen LogP contribution in [-0.2, 0) is 4.79 Å². The van der Waals surface area contributed by atoms with Crippen LogP contribution in [0, 0.1) is 5.82 Å². The number of carbonyl (C=O) groups excluding carboxylic acids is 3.